The Kier molecular flexibility index (Phi) is 5.75. The highest BCUT2D eigenvalue weighted by Crippen LogP contribution is 2.23. The summed E-state index contributed by atoms with van der Waals surface area (Å²) in [6.45, 7) is 6.03. The Morgan fingerprint density at radius 1 is 1.04 bits per heavy atom. The van der Waals surface area contributed by atoms with Crippen molar-refractivity contribution >= 4 is 11.7 Å². The predicted octanol–water partition coefficient (Wildman–Crippen LogP) is 5.30. The fraction of sp³-hybridized carbons (Fsp3) is 0.409. The summed E-state index contributed by atoms with van der Waals surface area (Å²) in [4.78, 5) is 14.4. The number of piperidine rings is 1. The van der Waals surface area contributed by atoms with Crippen molar-refractivity contribution in [3.63, 3.8) is 0 Å². The third-order valence-electron chi connectivity index (χ3n) is 5.10. The van der Waals surface area contributed by atoms with E-state index in [1.54, 1.807) is 0 Å². The zero-order chi connectivity index (χ0) is 17.6. The van der Waals surface area contributed by atoms with Gasteiger partial charge >= 0.3 is 6.03 Å². The van der Waals surface area contributed by atoms with E-state index in [0.717, 1.165) is 38.0 Å². The third kappa shape index (κ3) is 4.85. The van der Waals surface area contributed by atoms with E-state index in [9.17, 15) is 4.79 Å². The number of benzene rings is 2. The highest BCUT2D eigenvalue weighted by Gasteiger charge is 2.23. The van der Waals surface area contributed by atoms with Crippen LogP contribution in [-0.2, 0) is 6.42 Å². The van der Waals surface area contributed by atoms with Crippen LogP contribution in [0.2, 0.25) is 0 Å². The van der Waals surface area contributed by atoms with Crippen LogP contribution in [0.15, 0.2) is 54.6 Å². The second kappa shape index (κ2) is 8.19. The average molecular weight is 336 g/mol. The molecule has 3 heteroatoms. The Labute approximate surface area is 151 Å². The van der Waals surface area contributed by atoms with Gasteiger partial charge in [-0.2, -0.15) is 0 Å². The topological polar surface area (TPSA) is 32.3 Å². The minimum atomic E-state index is 0.0236. The van der Waals surface area contributed by atoms with Crippen LogP contribution < -0.4 is 5.32 Å². The molecule has 1 aliphatic rings. The standard InChI is InChI=1S/C22H28N2O/c1-17(2)20-8-10-21(11-9-20)23-22(25)24-14-12-19(13-15-24)16-18-6-4-3-5-7-18/h3-11,17,19H,12-16H2,1-2H3,(H,23,25). The summed E-state index contributed by atoms with van der Waals surface area (Å²) in [5, 5.41) is 3.03. The molecule has 1 fully saturated rings. The number of rotatable bonds is 4. The van der Waals surface area contributed by atoms with Gasteiger partial charge in [-0.05, 0) is 54.4 Å². The molecule has 25 heavy (non-hydrogen) atoms. The molecular weight excluding hydrogens is 308 g/mol. The molecule has 1 N–H and O–H groups in total. The Bertz CT molecular complexity index is 671. The van der Waals surface area contributed by atoms with Gasteiger partial charge in [0, 0.05) is 18.8 Å². The molecule has 132 valence electrons. The van der Waals surface area contributed by atoms with Crippen molar-refractivity contribution in [3.8, 4) is 0 Å². The number of anilines is 1. The van der Waals surface area contributed by atoms with Crippen molar-refractivity contribution in [3.05, 3.63) is 65.7 Å². The minimum absolute atomic E-state index is 0.0236. The summed E-state index contributed by atoms with van der Waals surface area (Å²) in [5.41, 5.74) is 3.57. The van der Waals surface area contributed by atoms with Gasteiger partial charge in [0.05, 0.1) is 0 Å². The van der Waals surface area contributed by atoms with Crippen LogP contribution in [-0.4, -0.2) is 24.0 Å². The van der Waals surface area contributed by atoms with E-state index >= 15 is 0 Å². The molecule has 2 aromatic rings. The van der Waals surface area contributed by atoms with Gasteiger partial charge in [0.25, 0.3) is 0 Å². The Morgan fingerprint density at radius 3 is 2.28 bits per heavy atom. The average Bonchev–Trinajstić information content (AvgIpc) is 2.63. The molecule has 1 aliphatic heterocycles. The van der Waals surface area contributed by atoms with Crippen LogP contribution in [0.5, 0.6) is 0 Å². The highest BCUT2D eigenvalue weighted by molar-refractivity contribution is 5.89. The zero-order valence-electron chi connectivity index (χ0n) is 15.2. The largest absolute Gasteiger partial charge is 0.325 e. The van der Waals surface area contributed by atoms with Gasteiger partial charge in [-0.3, -0.25) is 0 Å². The summed E-state index contributed by atoms with van der Waals surface area (Å²) in [5.74, 6) is 1.19. The summed E-state index contributed by atoms with van der Waals surface area (Å²) < 4.78 is 0. The van der Waals surface area contributed by atoms with Crippen LogP contribution in [0.4, 0.5) is 10.5 Å². The Balaban J connectivity index is 1.48. The SMILES string of the molecule is CC(C)c1ccc(NC(=O)N2CCC(Cc3ccccc3)CC2)cc1. The van der Waals surface area contributed by atoms with Crippen LogP contribution >= 0.6 is 0 Å². The van der Waals surface area contributed by atoms with E-state index in [2.05, 4.69) is 61.6 Å². The van der Waals surface area contributed by atoms with Crippen molar-refractivity contribution in [2.45, 2.75) is 39.0 Å². The first-order chi connectivity index (χ1) is 12.1. The molecule has 1 heterocycles. The highest BCUT2D eigenvalue weighted by atomic mass is 16.2. The number of amides is 2. The minimum Gasteiger partial charge on any atom is -0.325 e. The molecule has 0 radical (unpaired) electrons. The van der Waals surface area contributed by atoms with E-state index < -0.39 is 0 Å². The molecule has 0 aromatic heterocycles. The number of hydrogen-bond acceptors (Lipinski definition) is 1. The molecule has 0 saturated carbocycles. The van der Waals surface area contributed by atoms with E-state index in [4.69, 9.17) is 0 Å². The van der Waals surface area contributed by atoms with Gasteiger partial charge in [0.2, 0.25) is 0 Å². The van der Waals surface area contributed by atoms with E-state index in [-0.39, 0.29) is 6.03 Å². The van der Waals surface area contributed by atoms with Crippen molar-refractivity contribution in [2.75, 3.05) is 18.4 Å². The molecule has 0 spiro atoms. The number of nitrogens with zero attached hydrogens (tertiary/aromatic N) is 1. The predicted molar refractivity (Wildman–Crippen MR) is 104 cm³/mol. The molecule has 1 saturated heterocycles. The van der Waals surface area contributed by atoms with Crippen LogP contribution in [0.25, 0.3) is 0 Å². The lowest BCUT2D eigenvalue weighted by Gasteiger charge is -2.32. The molecule has 0 bridgehead atoms. The number of nitrogens with one attached hydrogen (secondary N) is 1. The summed E-state index contributed by atoms with van der Waals surface area (Å²) in [6.07, 6.45) is 3.27. The first-order valence-electron chi connectivity index (χ1n) is 9.31. The lowest BCUT2D eigenvalue weighted by atomic mass is 9.90. The number of carbonyl (C=O) groups is 1. The lowest BCUT2D eigenvalue weighted by molar-refractivity contribution is 0.182. The monoisotopic (exact) mass is 336 g/mol. The van der Waals surface area contributed by atoms with Crippen LogP contribution in [0.1, 0.15) is 43.7 Å². The second-order valence-corrected chi connectivity index (χ2v) is 7.33. The molecule has 2 amide bonds. The molecule has 3 nitrogen and oxygen atoms in total. The fourth-order valence-electron chi connectivity index (χ4n) is 3.44. The van der Waals surface area contributed by atoms with Crippen molar-refractivity contribution in [1.82, 2.24) is 4.90 Å². The van der Waals surface area contributed by atoms with E-state index in [0.29, 0.717) is 11.8 Å². The number of urea groups is 1. The lowest BCUT2D eigenvalue weighted by Crippen LogP contribution is -2.41. The smallest absolute Gasteiger partial charge is 0.321 e. The summed E-state index contributed by atoms with van der Waals surface area (Å²) in [6, 6.07) is 18.8. The first kappa shape index (κ1) is 17.5. The molecule has 0 aliphatic carbocycles. The summed E-state index contributed by atoms with van der Waals surface area (Å²) >= 11 is 0. The molecular formula is C22H28N2O. The maximum atomic E-state index is 12.5. The van der Waals surface area contributed by atoms with Crippen molar-refractivity contribution < 1.29 is 4.79 Å². The number of hydrogen-bond donors (Lipinski definition) is 1. The van der Waals surface area contributed by atoms with Gasteiger partial charge < -0.3 is 10.2 Å². The quantitative estimate of drug-likeness (QED) is 0.807. The Morgan fingerprint density at radius 2 is 1.68 bits per heavy atom. The van der Waals surface area contributed by atoms with Gasteiger partial charge in [0.1, 0.15) is 0 Å². The van der Waals surface area contributed by atoms with Crippen molar-refractivity contribution in [1.29, 1.82) is 0 Å². The van der Waals surface area contributed by atoms with Crippen LogP contribution in [0.3, 0.4) is 0 Å². The molecule has 0 atom stereocenters. The molecule has 2 aromatic carbocycles. The maximum Gasteiger partial charge on any atom is 0.321 e. The third-order valence-corrected chi connectivity index (χ3v) is 5.10. The Hall–Kier alpha value is -2.29. The van der Waals surface area contributed by atoms with Gasteiger partial charge in [-0.1, -0.05) is 56.3 Å². The first-order valence-corrected chi connectivity index (χ1v) is 9.31. The number of carbonyl (C=O) groups excluding carboxylic acids is 1. The second-order valence-electron chi connectivity index (χ2n) is 7.33. The molecule has 0 unspecified atom stereocenters. The molecule has 3 rings (SSSR count). The van der Waals surface area contributed by atoms with Crippen LogP contribution in [0, 0.1) is 5.92 Å². The zero-order valence-corrected chi connectivity index (χ0v) is 15.2. The van der Waals surface area contributed by atoms with Gasteiger partial charge in [-0.25, -0.2) is 4.79 Å². The number of likely N-dealkylation sites (tertiary alicyclic amines) is 1. The normalized spacial score (nSPS) is 15.4. The van der Waals surface area contributed by atoms with Gasteiger partial charge in [-0.15, -0.1) is 0 Å². The van der Waals surface area contributed by atoms with Gasteiger partial charge in [0.15, 0.2) is 0 Å². The van der Waals surface area contributed by atoms with E-state index in [1.165, 1.54) is 11.1 Å². The summed E-state index contributed by atoms with van der Waals surface area (Å²) in [7, 11) is 0. The van der Waals surface area contributed by atoms with E-state index in [1.807, 2.05) is 17.0 Å². The van der Waals surface area contributed by atoms with Crippen molar-refractivity contribution in [2.24, 2.45) is 5.92 Å². The maximum absolute atomic E-state index is 12.5. The fourth-order valence-corrected chi connectivity index (χ4v) is 3.44.